The third-order valence-electron chi connectivity index (χ3n) is 3.65. The Balaban J connectivity index is 2.30. The lowest BCUT2D eigenvalue weighted by Crippen LogP contribution is -2.40. The van der Waals surface area contributed by atoms with Crippen LogP contribution in [0.4, 0.5) is 11.4 Å². The highest BCUT2D eigenvalue weighted by atomic mass is 32.1. The van der Waals surface area contributed by atoms with Crippen LogP contribution in [0.15, 0.2) is 59.7 Å². The normalized spacial score (nSPS) is 11.0. The molecule has 0 fully saturated rings. The van der Waals surface area contributed by atoms with Gasteiger partial charge in [-0.15, -0.1) is 0 Å². The Morgan fingerprint density at radius 3 is 2.35 bits per heavy atom. The molecule has 0 spiro atoms. The predicted molar refractivity (Wildman–Crippen MR) is 111 cm³/mol. The average molecular weight is 369 g/mol. The summed E-state index contributed by atoms with van der Waals surface area (Å²) in [5.74, 6) is -0.550. The Labute approximate surface area is 159 Å². The van der Waals surface area contributed by atoms with Crippen LogP contribution >= 0.6 is 12.2 Å². The molecule has 5 nitrogen and oxygen atoms in total. The molecule has 2 aromatic rings. The van der Waals surface area contributed by atoms with E-state index in [0.717, 1.165) is 16.9 Å². The molecule has 2 rings (SSSR count). The molecule has 0 saturated carbocycles. The van der Waals surface area contributed by atoms with Gasteiger partial charge in [-0.2, -0.15) is 5.10 Å². The Kier molecular flexibility index (Phi) is 7.29. The van der Waals surface area contributed by atoms with Crippen LogP contribution in [0.2, 0.25) is 0 Å². The number of aryl methyl sites for hydroxylation is 1. The summed E-state index contributed by atoms with van der Waals surface area (Å²) in [5, 5.41) is 4.25. The second-order valence-electron chi connectivity index (χ2n) is 5.54. The molecule has 0 aliphatic rings. The van der Waals surface area contributed by atoms with E-state index in [1.54, 1.807) is 6.92 Å². The lowest BCUT2D eigenvalue weighted by molar-refractivity contribution is -0.134. The third-order valence-corrected chi connectivity index (χ3v) is 4.06. The fourth-order valence-electron chi connectivity index (χ4n) is 2.31. The number of para-hydroxylation sites is 1. The summed E-state index contributed by atoms with van der Waals surface area (Å²) in [4.78, 5) is 14.6. The quantitative estimate of drug-likeness (QED) is 0.343. The van der Waals surface area contributed by atoms with E-state index in [9.17, 15) is 4.79 Å². The van der Waals surface area contributed by atoms with Crippen molar-refractivity contribution in [2.75, 3.05) is 23.5 Å². The molecule has 26 heavy (non-hydrogen) atoms. The van der Waals surface area contributed by atoms with E-state index < -0.39 is 5.97 Å². The number of nitrogens with one attached hydrogen (secondary N) is 1. The molecule has 0 atom stereocenters. The van der Waals surface area contributed by atoms with E-state index >= 15 is 0 Å². The molecule has 136 valence electrons. The van der Waals surface area contributed by atoms with Gasteiger partial charge in [0.1, 0.15) is 4.99 Å². The van der Waals surface area contributed by atoms with Gasteiger partial charge < -0.3 is 9.64 Å². The fraction of sp³-hybridized carbons (Fsp3) is 0.250. The second kappa shape index (κ2) is 9.68. The van der Waals surface area contributed by atoms with Crippen molar-refractivity contribution >= 4 is 40.3 Å². The standard InChI is InChI=1S/C20H23N3O2S/c1-4-23(17-9-7-6-8-10-17)19(26)18(20(24)25-5-2)22-21-16-13-11-15(3)12-14-16/h6-14,21H,4-5H2,1-3H3. The van der Waals surface area contributed by atoms with Crippen molar-refractivity contribution in [3.8, 4) is 0 Å². The first-order chi connectivity index (χ1) is 12.6. The minimum atomic E-state index is -0.550. The monoisotopic (exact) mass is 369 g/mol. The summed E-state index contributed by atoms with van der Waals surface area (Å²) >= 11 is 5.56. The highest BCUT2D eigenvalue weighted by Crippen LogP contribution is 2.15. The molecule has 0 saturated heterocycles. The van der Waals surface area contributed by atoms with Gasteiger partial charge in [-0.1, -0.05) is 48.1 Å². The average Bonchev–Trinajstić information content (AvgIpc) is 2.65. The summed E-state index contributed by atoms with van der Waals surface area (Å²) in [5.41, 5.74) is 5.78. The van der Waals surface area contributed by atoms with Crippen LogP contribution in [-0.4, -0.2) is 29.8 Å². The smallest absolute Gasteiger partial charge is 0.361 e. The maximum atomic E-state index is 12.4. The van der Waals surface area contributed by atoms with Gasteiger partial charge in [0.05, 0.1) is 12.3 Å². The van der Waals surface area contributed by atoms with Gasteiger partial charge in [0.15, 0.2) is 0 Å². The summed E-state index contributed by atoms with van der Waals surface area (Å²) in [6.45, 7) is 6.58. The van der Waals surface area contributed by atoms with Crippen LogP contribution in [0, 0.1) is 6.92 Å². The van der Waals surface area contributed by atoms with E-state index in [0.29, 0.717) is 11.5 Å². The number of nitrogens with zero attached hydrogens (tertiary/aromatic N) is 2. The largest absolute Gasteiger partial charge is 0.461 e. The van der Waals surface area contributed by atoms with Gasteiger partial charge in [0.25, 0.3) is 0 Å². The zero-order chi connectivity index (χ0) is 18.9. The molecule has 0 heterocycles. The van der Waals surface area contributed by atoms with Crippen LogP contribution in [0.5, 0.6) is 0 Å². The summed E-state index contributed by atoms with van der Waals surface area (Å²) in [6, 6.07) is 17.3. The number of ether oxygens (including phenoxy) is 1. The number of benzene rings is 2. The molecule has 0 aromatic heterocycles. The number of carbonyl (C=O) groups is 1. The van der Waals surface area contributed by atoms with Gasteiger partial charge in [0.2, 0.25) is 5.71 Å². The highest BCUT2D eigenvalue weighted by molar-refractivity contribution is 7.82. The van der Waals surface area contributed by atoms with Gasteiger partial charge in [0, 0.05) is 12.2 Å². The van der Waals surface area contributed by atoms with Crippen molar-refractivity contribution in [2.45, 2.75) is 20.8 Å². The van der Waals surface area contributed by atoms with E-state index in [1.807, 2.05) is 73.3 Å². The first-order valence-electron chi connectivity index (χ1n) is 8.51. The van der Waals surface area contributed by atoms with Crippen LogP contribution in [0.25, 0.3) is 0 Å². The zero-order valence-electron chi connectivity index (χ0n) is 15.2. The number of thiocarbonyl (C=S) groups is 1. The maximum Gasteiger partial charge on any atom is 0.361 e. The predicted octanol–water partition coefficient (Wildman–Crippen LogP) is 4.18. The van der Waals surface area contributed by atoms with E-state index in [-0.39, 0.29) is 12.3 Å². The van der Waals surface area contributed by atoms with Crippen LogP contribution in [-0.2, 0) is 9.53 Å². The van der Waals surface area contributed by atoms with Crippen molar-refractivity contribution in [1.29, 1.82) is 0 Å². The van der Waals surface area contributed by atoms with E-state index in [1.165, 1.54) is 0 Å². The number of anilines is 2. The summed E-state index contributed by atoms with van der Waals surface area (Å²) in [7, 11) is 0. The topological polar surface area (TPSA) is 53.9 Å². The Hall–Kier alpha value is -2.73. The number of carbonyl (C=O) groups excluding carboxylic acids is 1. The van der Waals surface area contributed by atoms with Gasteiger partial charge in [-0.3, -0.25) is 5.43 Å². The molecule has 0 radical (unpaired) electrons. The number of hydrazone groups is 1. The van der Waals surface area contributed by atoms with Crippen molar-refractivity contribution in [2.24, 2.45) is 5.10 Å². The first-order valence-corrected chi connectivity index (χ1v) is 8.92. The molecule has 0 aliphatic heterocycles. The molecule has 6 heteroatoms. The molecular formula is C20H23N3O2S. The van der Waals surface area contributed by atoms with Gasteiger partial charge in [-0.05, 0) is 45.0 Å². The van der Waals surface area contributed by atoms with E-state index in [2.05, 4.69) is 10.5 Å². The SMILES string of the molecule is CCOC(=O)C(=NNc1ccc(C)cc1)C(=S)N(CC)c1ccccc1. The lowest BCUT2D eigenvalue weighted by Gasteiger charge is -2.24. The van der Waals surface area contributed by atoms with Crippen molar-refractivity contribution < 1.29 is 9.53 Å². The maximum absolute atomic E-state index is 12.4. The van der Waals surface area contributed by atoms with Gasteiger partial charge in [-0.25, -0.2) is 4.79 Å². The first kappa shape index (κ1) is 19.6. The van der Waals surface area contributed by atoms with Crippen LogP contribution in [0.3, 0.4) is 0 Å². The minimum absolute atomic E-state index is 0.0770. The third kappa shape index (κ3) is 5.13. The van der Waals surface area contributed by atoms with Gasteiger partial charge >= 0.3 is 5.97 Å². The molecule has 0 aliphatic carbocycles. The molecule has 0 amide bonds. The highest BCUT2D eigenvalue weighted by Gasteiger charge is 2.24. The summed E-state index contributed by atoms with van der Waals surface area (Å²) in [6.07, 6.45) is 0. The Bertz CT molecular complexity index is 773. The molecule has 0 bridgehead atoms. The zero-order valence-corrected chi connectivity index (χ0v) is 16.0. The van der Waals surface area contributed by atoms with Crippen molar-refractivity contribution in [3.05, 3.63) is 60.2 Å². The number of hydrogen-bond acceptors (Lipinski definition) is 5. The van der Waals surface area contributed by atoms with Crippen LogP contribution in [0.1, 0.15) is 19.4 Å². The molecule has 1 N–H and O–H groups in total. The lowest BCUT2D eigenvalue weighted by atomic mass is 10.2. The fourth-order valence-corrected chi connectivity index (χ4v) is 2.67. The number of rotatable bonds is 7. The summed E-state index contributed by atoms with van der Waals surface area (Å²) < 4.78 is 5.14. The van der Waals surface area contributed by atoms with Crippen LogP contribution < -0.4 is 10.3 Å². The van der Waals surface area contributed by atoms with Crippen molar-refractivity contribution in [3.63, 3.8) is 0 Å². The Morgan fingerprint density at radius 1 is 1.12 bits per heavy atom. The molecule has 0 unspecified atom stereocenters. The number of esters is 1. The Morgan fingerprint density at radius 2 is 1.77 bits per heavy atom. The second-order valence-corrected chi connectivity index (χ2v) is 5.93. The number of hydrogen-bond donors (Lipinski definition) is 1. The minimum Gasteiger partial charge on any atom is -0.461 e. The molecular weight excluding hydrogens is 346 g/mol. The van der Waals surface area contributed by atoms with Crippen molar-refractivity contribution in [1.82, 2.24) is 0 Å². The van der Waals surface area contributed by atoms with E-state index in [4.69, 9.17) is 17.0 Å². The molecule has 2 aromatic carbocycles.